The number of pyridine rings is 1. The average molecular weight is 533 g/mol. The number of hydrogen-bond donors (Lipinski definition) is 2. The van der Waals surface area contributed by atoms with Crippen molar-refractivity contribution in [3.63, 3.8) is 0 Å². The first-order chi connectivity index (χ1) is 18.5. The van der Waals surface area contributed by atoms with Crippen LogP contribution < -0.4 is 20.7 Å². The van der Waals surface area contributed by atoms with Crippen LogP contribution in [0.15, 0.2) is 36.5 Å². The lowest BCUT2D eigenvalue weighted by atomic mass is 9.90. The summed E-state index contributed by atoms with van der Waals surface area (Å²) < 4.78 is 13.2. The molecule has 1 amide bonds. The molecule has 0 unspecified atom stereocenters. The van der Waals surface area contributed by atoms with Gasteiger partial charge in [-0.25, -0.2) is 14.2 Å². The van der Waals surface area contributed by atoms with Crippen LogP contribution in [0.4, 0.5) is 22.0 Å². The number of carbonyl (C=O) groups excluding carboxylic acids is 1. The van der Waals surface area contributed by atoms with Gasteiger partial charge in [0, 0.05) is 17.6 Å². The number of nitriles is 1. The molecule has 9 nitrogen and oxygen atoms in total. The summed E-state index contributed by atoms with van der Waals surface area (Å²) in [4.78, 5) is 15.5. The van der Waals surface area contributed by atoms with Crippen LogP contribution in [0.1, 0.15) is 84.3 Å². The van der Waals surface area contributed by atoms with Crippen molar-refractivity contribution in [1.82, 2.24) is 9.61 Å². The number of anilines is 3. The van der Waals surface area contributed by atoms with Crippen molar-refractivity contribution in [1.29, 1.82) is 5.26 Å². The third kappa shape index (κ3) is 6.12. The summed E-state index contributed by atoms with van der Waals surface area (Å²) in [7, 11) is 0. The summed E-state index contributed by atoms with van der Waals surface area (Å²) in [5, 5.41) is 18.6. The molecule has 1 aliphatic rings. The zero-order valence-corrected chi connectivity index (χ0v) is 23.8. The molecule has 0 bridgehead atoms. The van der Waals surface area contributed by atoms with Gasteiger partial charge in [-0.15, -0.1) is 0 Å². The Morgan fingerprint density at radius 1 is 1.21 bits per heavy atom. The van der Waals surface area contributed by atoms with Gasteiger partial charge in [0.25, 0.3) is 0 Å². The first kappa shape index (κ1) is 28.2. The number of nitrogens with zero attached hydrogens (tertiary/aromatic N) is 4. The van der Waals surface area contributed by atoms with Crippen LogP contribution in [0.5, 0.6) is 5.75 Å². The number of hydrogen-bond acceptors (Lipinski definition) is 7. The molecule has 4 rings (SSSR count). The fraction of sp³-hybridized carbons (Fsp3) is 0.500. The molecular formula is C30H40N6O3. The van der Waals surface area contributed by atoms with E-state index in [1.165, 1.54) is 0 Å². The second-order valence-corrected chi connectivity index (χ2v) is 11.4. The first-order valence-corrected chi connectivity index (χ1v) is 13.8. The monoisotopic (exact) mass is 532 g/mol. The molecule has 3 N–H and O–H groups in total. The molecule has 1 saturated carbocycles. The van der Waals surface area contributed by atoms with Crippen molar-refractivity contribution >= 4 is 28.8 Å². The summed E-state index contributed by atoms with van der Waals surface area (Å²) in [5.74, 6) is 1.19. The van der Waals surface area contributed by atoms with Gasteiger partial charge in [0.1, 0.15) is 28.8 Å². The van der Waals surface area contributed by atoms with E-state index in [2.05, 4.69) is 30.3 Å². The molecule has 2 heterocycles. The van der Waals surface area contributed by atoms with Crippen LogP contribution in [-0.4, -0.2) is 40.0 Å². The third-order valence-electron chi connectivity index (χ3n) is 6.86. The number of amides is 1. The quantitative estimate of drug-likeness (QED) is 0.357. The summed E-state index contributed by atoms with van der Waals surface area (Å²) in [6.45, 7) is 12.1. The van der Waals surface area contributed by atoms with E-state index in [9.17, 15) is 10.1 Å². The van der Waals surface area contributed by atoms with E-state index in [0.717, 1.165) is 36.9 Å². The maximum atomic E-state index is 13.9. The molecule has 1 fully saturated rings. The highest BCUT2D eigenvalue weighted by Crippen LogP contribution is 2.43. The summed E-state index contributed by atoms with van der Waals surface area (Å²) in [6.07, 6.45) is 4.79. The maximum Gasteiger partial charge on any atom is 0.420 e. The fourth-order valence-electron chi connectivity index (χ4n) is 5.12. The Balaban J connectivity index is 1.97. The predicted molar refractivity (Wildman–Crippen MR) is 154 cm³/mol. The van der Waals surface area contributed by atoms with E-state index in [0.29, 0.717) is 34.9 Å². The molecule has 0 atom stereocenters. The molecule has 3 aromatic rings. The summed E-state index contributed by atoms with van der Waals surface area (Å²) in [6, 6.07) is 11.9. The molecular weight excluding hydrogens is 492 g/mol. The Hall–Kier alpha value is -3.77. The number of rotatable bonds is 7. The van der Waals surface area contributed by atoms with Crippen molar-refractivity contribution in [3.05, 3.63) is 47.7 Å². The Labute approximate surface area is 230 Å². The lowest BCUT2D eigenvalue weighted by Gasteiger charge is -2.33. The minimum absolute atomic E-state index is 0.0540. The molecule has 39 heavy (non-hydrogen) atoms. The average Bonchev–Trinajstić information content (AvgIpc) is 3.35. The van der Waals surface area contributed by atoms with Crippen LogP contribution in [0.3, 0.4) is 0 Å². The Morgan fingerprint density at radius 3 is 2.44 bits per heavy atom. The van der Waals surface area contributed by atoms with Crippen molar-refractivity contribution in [2.75, 3.05) is 16.8 Å². The zero-order chi connectivity index (χ0) is 28.3. The minimum atomic E-state index is -0.726. The number of carbonyl (C=O) groups is 1. The van der Waals surface area contributed by atoms with E-state index in [-0.39, 0.29) is 18.0 Å². The molecule has 0 spiro atoms. The maximum absolute atomic E-state index is 13.9. The highest BCUT2D eigenvalue weighted by molar-refractivity contribution is 5.99. The van der Waals surface area contributed by atoms with Crippen LogP contribution in [0, 0.1) is 11.3 Å². The van der Waals surface area contributed by atoms with Crippen molar-refractivity contribution < 1.29 is 14.3 Å². The number of fused-ring (bicyclic) bond motifs is 1. The van der Waals surface area contributed by atoms with E-state index in [1.54, 1.807) is 21.7 Å². The topological polar surface area (TPSA) is 118 Å². The molecule has 208 valence electrons. The third-order valence-corrected chi connectivity index (χ3v) is 6.86. The molecule has 0 radical (unpaired) electrons. The standard InChI is InChI=1S/C30H40N6O3/c1-7-38-23-14-12-22(13-15-23)35(29(37)39-30(4,5)6)28-26(19(2)3)27(34-21-10-8-20(32)9-11-21)24(18-31)25-16-17-33-36(25)28/h12-17,19-21,34H,7-11,32H2,1-6H3. The number of nitrogens with two attached hydrogens (primary N) is 1. The molecule has 0 aliphatic heterocycles. The lowest BCUT2D eigenvalue weighted by Crippen LogP contribution is -2.36. The molecule has 1 aliphatic carbocycles. The fourth-order valence-corrected chi connectivity index (χ4v) is 5.12. The highest BCUT2D eigenvalue weighted by atomic mass is 16.6. The zero-order valence-electron chi connectivity index (χ0n) is 23.8. The largest absolute Gasteiger partial charge is 0.494 e. The second-order valence-electron chi connectivity index (χ2n) is 11.4. The van der Waals surface area contributed by atoms with E-state index in [1.807, 2.05) is 52.0 Å². The van der Waals surface area contributed by atoms with Gasteiger partial charge in [-0.05, 0) is 89.6 Å². The van der Waals surface area contributed by atoms with Gasteiger partial charge in [-0.1, -0.05) is 13.8 Å². The number of benzene rings is 1. The summed E-state index contributed by atoms with van der Waals surface area (Å²) in [5.41, 5.74) is 8.72. The van der Waals surface area contributed by atoms with E-state index < -0.39 is 11.7 Å². The van der Waals surface area contributed by atoms with Crippen LogP contribution >= 0.6 is 0 Å². The van der Waals surface area contributed by atoms with Crippen molar-refractivity contribution in [3.8, 4) is 11.8 Å². The second kappa shape index (κ2) is 11.5. The normalized spacial score (nSPS) is 17.6. The van der Waals surface area contributed by atoms with Gasteiger partial charge in [-0.2, -0.15) is 10.4 Å². The van der Waals surface area contributed by atoms with Gasteiger partial charge in [-0.3, -0.25) is 0 Å². The first-order valence-electron chi connectivity index (χ1n) is 13.8. The molecule has 9 heteroatoms. The Bertz CT molecular complexity index is 1340. The van der Waals surface area contributed by atoms with Gasteiger partial charge >= 0.3 is 6.09 Å². The van der Waals surface area contributed by atoms with Crippen molar-refractivity contribution in [2.45, 2.75) is 90.8 Å². The number of ether oxygens (including phenoxy) is 2. The predicted octanol–water partition coefficient (Wildman–Crippen LogP) is 6.48. The smallest absolute Gasteiger partial charge is 0.420 e. The highest BCUT2D eigenvalue weighted by Gasteiger charge is 2.34. The van der Waals surface area contributed by atoms with Crippen LogP contribution in [0.25, 0.3) is 5.52 Å². The Kier molecular flexibility index (Phi) is 8.36. The molecule has 0 saturated heterocycles. The van der Waals surface area contributed by atoms with E-state index >= 15 is 0 Å². The Morgan fingerprint density at radius 2 is 1.87 bits per heavy atom. The molecule has 2 aromatic heterocycles. The van der Waals surface area contributed by atoms with Gasteiger partial charge in [0.2, 0.25) is 0 Å². The van der Waals surface area contributed by atoms with E-state index in [4.69, 9.17) is 15.2 Å². The van der Waals surface area contributed by atoms with Crippen LogP contribution in [0.2, 0.25) is 0 Å². The number of nitrogens with one attached hydrogen (secondary N) is 1. The number of aromatic nitrogens is 2. The molecule has 1 aromatic carbocycles. The minimum Gasteiger partial charge on any atom is -0.494 e. The van der Waals surface area contributed by atoms with Gasteiger partial charge in [0.05, 0.1) is 29.7 Å². The van der Waals surface area contributed by atoms with Crippen LogP contribution in [-0.2, 0) is 4.74 Å². The van der Waals surface area contributed by atoms with Crippen molar-refractivity contribution in [2.24, 2.45) is 5.73 Å². The SMILES string of the molecule is CCOc1ccc(N(C(=O)OC(C)(C)C)c2c(C(C)C)c(NC3CCC(N)CC3)c(C#N)c3ccnn23)cc1. The van der Waals surface area contributed by atoms with Gasteiger partial charge < -0.3 is 20.5 Å². The summed E-state index contributed by atoms with van der Waals surface area (Å²) >= 11 is 0. The van der Waals surface area contributed by atoms with Gasteiger partial charge in [0.15, 0.2) is 0 Å². The lowest BCUT2D eigenvalue weighted by molar-refractivity contribution is 0.0597.